The molecule has 0 aromatic heterocycles. The number of hydrogen-bond donors (Lipinski definition) is 1. The van der Waals surface area contributed by atoms with E-state index in [0.717, 1.165) is 24.2 Å². The van der Waals surface area contributed by atoms with Gasteiger partial charge in [0.25, 0.3) is 0 Å². The molecule has 0 radical (unpaired) electrons. The Morgan fingerprint density at radius 1 is 1.33 bits per heavy atom. The van der Waals surface area contributed by atoms with Crippen LogP contribution in [0.5, 0.6) is 11.5 Å². The monoisotopic (exact) mass is 291 g/mol. The maximum Gasteiger partial charge on any atom is 0.244 e. The van der Waals surface area contributed by atoms with Crippen molar-refractivity contribution >= 4 is 12.0 Å². The van der Waals surface area contributed by atoms with Gasteiger partial charge in [-0.2, -0.15) is 0 Å². The van der Waals surface area contributed by atoms with Gasteiger partial charge in [-0.15, -0.1) is 0 Å². The number of carbonyl (C=O) groups excluding carboxylic acids is 1. The van der Waals surface area contributed by atoms with E-state index in [1.165, 1.54) is 6.08 Å². The standard InChI is InChI=1S/C17H25NO3/c1-5-11-21-15-9-7-14(12-16(15)20-4)8-10-17(19)18-13(3)6-2/h7-10,12-13H,5-6,11H2,1-4H3,(H,18,19)/b10-8+. The molecule has 1 rings (SSSR count). The van der Waals surface area contributed by atoms with Crippen LogP contribution in [0, 0.1) is 0 Å². The molecule has 4 heteroatoms. The fourth-order valence-corrected chi connectivity index (χ4v) is 1.68. The van der Waals surface area contributed by atoms with Crippen molar-refractivity contribution in [2.75, 3.05) is 13.7 Å². The minimum atomic E-state index is -0.0883. The van der Waals surface area contributed by atoms with Gasteiger partial charge in [0, 0.05) is 12.1 Å². The Labute approximate surface area is 127 Å². The van der Waals surface area contributed by atoms with Gasteiger partial charge in [0.05, 0.1) is 13.7 Å². The lowest BCUT2D eigenvalue weighted by atomic mass is 10.2. The molecule has 0 heterocycles. The molecule has 0 aliphatic carbocycles. The molecule has 0 fully saturated rings. The summed E-state index contributed by atoms with van der Waals surface area (Å²) < 4.78 is 10.9. The predicted molar refractivity (Wildman–Crippen MR) is 85.7 cm³/mol. The van der Waals surface area contributed by atoms with Crippen LogP contribution in [0.4, 0.5) is 0 Å². The minimum Gasteiger partial charge on any atom is -0.493 e. The van der Waals surface area contributed by atoms with Gasteiger partial charge < -0.3 is 14.8 Å². The molecule has 21 heavy (non-hydrogen) atoms. The summed E-state index contributed by atoms with van der Waals surface area (Å²) in [6, 6.07) is 5.81. The van der Waals surface area contributed by atoms with Crippen molar-refractivity contribution in [1.29, 1.82) is 0 Å². The number of rotatable bonds is 8. The molecule has 0 aliphatic rings. The summed E-state index contributed by atoms with van der Waals surface area (Å²) in [6.07, 6.45) is 5.16. The zero-order chi connectivity index (χ0) is 15.7. The van der Waals surface area contributed by atoms with Crippen molar-refractivity contribution in [3.63, 3.8) is 0 Å². The third kappa shape index (κ3) is 5.90. The topological polar surface area (TPSA) is 47.6 Å². The molecule has 1 amide bonds. The van der Waals surface area contributed by atoms with Crippen LogP contribution in [0.2, 0.25) is 0 Å². The van der Waals surface area contributed by atoms with Crippen molar-refractivity contribution in [2.45, 2.75) is 39.7 Å². The average molecular weight is 291 g/mol. The van der Waals surface area contributed by atoms with Gasteiger partial charge >= 0.3 is 0 Å². The van der Waals surface area contributed by atoms with Gasteiger partial charge in [-0.1, -0.05) is 19.9 Å². The number of benzene rings is 1. The van der Waals surface area contributed by atoms with Gasteiger partial charge in [-0.25, -0.2) is 0 Å². The zero-order valence-corrected chi connectivity index (χ0v) is 13.3. The van der Waals surface area contributed by atoms with Crippen LogP contribution < -0.4 is 14.8 Å². The normalized spacial score (nSPS) is 12.2. The summed E-state index contributed by atoms with van der Waals surface area (Å²) in [5.74, 6) is 1.31. The molecule has 0 saturated heterocycles. The zero-order valence-electron chi connectivity index (χ0n) is 13.3. The van der Waals surface area contributed by atoms with E-state index in [1.54, 1.807) is 13.2 Å². The molecule has 0 bridgehead atoms. The second-order valence-corrected chi connectivity index (χ2v) is 4.91. The number of carbonyl (C=O) groups is 1. The maximum atomic E-state index is 11.7. The summed E-state index contributed by atoms with van der Waals surface area (Å²) >= 11 is 0. The lowest BCUT2D eigenvalue weighted by Gasteiger charge is -2.10. The summed E-state index contributed by atoms with van der Waals surface area (Å²) in [6.45, 7) is 6.73. The second kappa shape index (κ2) is 9.06. The first-order valence-electron chi connectivity index (χ1n) is 7.40. The Kier molecular flexibility index (Phi) is 7.37. The average Bonchev–Trinajstić information content (AvgIpc) is 2.50. The van der Waals surface area contributed by atoms with Gasteiger partial charge in [0.15, 0.2) is 11.5 Å². The molecule has 1 aromatic rings. The summed E-state index contributed by atoms with van der Waals surface area (Å²) in [4.78, 5) is 11.7. The smallest absolute Gasteiger partial charge is 0.244 e. The minimum absolute atomic E-state index is 0.0883. The molecular formula is C17H25NO3. The van der Waals surface area contributed by atoms with E-state index in [2.05, 4.69) is 12.2 Å². The van der Waals surface area contributed by atoms with Crippen LogP contribution in [0.1, 0.15) is 39.2 Å². The summed E-state index contributed by atoms with van der Waals surface area (Å²) in [5.41, 5.74) is 0.898. The van der Waals surface area contributed by atoms with Crippen molar-refractivity contribution in [3.05, 3.63) is 29.8 Å². The van der Waals surface area contributed by atoms with E-state index in [1.807, 2.05) is 32.0 Å². The van der Waals surface area contributed by atoms with E-state index in [4.69, 9.17) is 9.47 Å². The highest BCUT2D eigenvalue weighted by Crippen LogP contribution is 2.28. The van der Waals surface area contributed by atoms with E-state index >= 15 is 0 Å². The Morgan fingerprint density at radius 2 is 2.10 bits per heavy atom. The number of hydrogen-bond acceptors (Lipinski definition) is 3. The maximum absolute atomic E-state index is 11.7. The highest BCUT2D eigenvalue weighted by atomic mass is 16.5. The van der Waals surface area contributed by atoms with E-state index in [-0.39, 0.29) is 11.9 Å². The van der Waals surface area contributed by atoms with Gasteiger partial charge in [-0.05, 0) is 43.5 Å². The third-order valence-corrected chi connectivity index (χ3v) is 3.08. The molecule has 116 valence electrons. The van der Waals surface area contributed by atoms with Crippen molar-refractivity contribution in [2.24, 2.45) is 0 Å². The van der Waals surface area contributed by atoms with E-state index in [0.29, 0.717) is 12.4 Å². The first-order chi connectivity index (χ1) is 10.1. The molecule has 4 nitrogen and oxygen atoms in total. The summed E-state index contributed by atoms with van der Waals surface area (Å²) in [5, 5.41) is 2.89. The van der Waals surface area contributed by atoms with Crippen molar-refractivity contribution < 1.29 is 14.3 Å². The van der Waals surface area contributed by atoms with Crippen LogP contribution in [0.25, 0.3) is 6.08 Å². The molecule has 1 aromatic carbocycles. The number of amides is 1. The predicted octanol–water partition coefficient (Wildman–Crippen LogP) is 3.41. The van der Waals surface area contributed by atoms with Crippen LogP contribution >= 0.6 is 0 Å². The van der Waals surface area contributed by atoms with Crippen LogP contribution in [0.15, 0.2) is 24.3 Å². The quantitative estimate of drug-likeness (QED) is 0.747. The van der Waals surface area contributed by atoms with Crippen LogP contribution in [-0.2, 0) is 4.79 Å². The Morgan fingerprint density at radius 3 is 2.71 bits per heavy atom. The number of ether oxygens (including phenoxy) is 2. The third-order valence-electron chi connectivity index (χ3n) is 3.08. The number of nitrogens with one attached hydrogen (secondary N) is 1. The summed E-state index contributed by atoms with van der Waals surface area (Å²) in [7, 11) is 1.61. The fourth-order valence-electron chi connectivity index (χ4n) is 1.68. The second-order valence-electron chi connectivity index (χ2n) is 4.91. The first-order valence-corrected chi connectivity index (χ1v) is 7.40. The molecule has 0 saturated carbocycles. The molecule has 0 aliphatic heterocycles. The Bertz CT molecular complexity index is 483. The highest BCUT2D eigenvalue weighted by molar-refractivity contribution is 5.91. The lowest BCUT2D eigenvalue weighted by Crippen LogP contribution is -2.30. The SMILES string of the molecule is CCCOc1ccc(/C=C/C(=O)NC(C)CC)cc1OC. The highest BCUT2D eigenvalue weighted by Gasteiger charge is 2.05. The van der Waals surface area contributed by atoms with E-state index < -0.39 is 0 Å². The molecule has 1 unspecified atom stereocenters. The van der Waals surface area contributed by atoms with Gasteiger partial charge in [-0.3, -0.25) is 4.79 Å². The van der Waals surface area contributed by atoms with E-state index in [9.17, 15) is 4.79 Å². The van der Waals surface area contributed by atoms with Crippen molar-refractivity contribution in [1.82, 2.24) is 5.32 Å². The first kappa shape index (κ1) is 17.1. The molecule has 1 atom stereocenters. The Hall–Kier alpha value is -1.97. The van der Waals surface area contributed by atoms with Gasteiger partial charge in [0.2, 0.25) is 5.91 Å². The van der Waals surface area contributed by atoms with Crippen LogP contribution in [0.3, 0.4) is 0 Å². The number of methoxy groups -OCH3 is 1. The molecular weight excluding hydrogens is 266 g/mol. The lowest BCUT2D eigenvalue weighted by molar-refractivity contribution is -0.117. The molecule has 0 spiro atoms. The fraction of sp³-hybridized carbons (Fsp3) is 0.471. The van der Waals surface area contributed by atoms with Gasteiger partial charge in [0.1, 0.15) is 0 Å². The Balaban J connectivity index is 2.73. The largest absolute Gasteiger partial charge is 0.493 e. The van der Waals surface area contributed by atoms with Crippen molar-refractivity contribution in [3.8, 4) is 11.5 Å². The molecule has 1 N–H and O–H groups in total. The van der Waals surface area contributed by atoms with Crippen LogP contribution in [-0.4, -0.2) is 25.7 Å².